The van der Waals surface area contributed by atoms with Crippen molar-refractivity contribution in [3.05, 3.63) is 23.2 Å². The molecule has 0 spiro atoms. The molecular formula is C16H28N2O. The third kappa shape index (κ3) is 4.08. The third-order valence-corrected chi connectivity index (χ3v) is 3.99. The number of furan rings is 1. The maximum absolute atomic E-state index is 5.90. The van der Waals surface area contributed by atoms with Gasteiger partial charge in [0.15, 0.2) is 0 Å². The highest BCUT2D eigenvalue weighted by Crippen LogP contribution is 2.22. The van der Waals surface area contributed by atoms with Crippen LogP contribution in [0.3, 0.4) is 0 Å². The molecule has 1 aliphatic heterocycles. The molecule has 1 atom stereocenters. The van der Waals surface area contributed by atoms with Crippen LogP contribution in [0.5, 0.6) is 0 Å². The zero-order chi connectivity index (χ0) is 13.8. The molecule has 19 heavy (non-hydrogen) atoms. The molecule has 108 valence electrons. The first-order valence-corrected chi connectivity index (χ1v) is 7.59. The van der Waals surface area contributed by atoms with E-state index in [9.17, 15) is 0 Å². The smallest absolute Gasteiger partial charge is 0.118 e. The van der Waals surface area contributed by atoms with Crippen molar-refractivity contribution in [2.75, 3.05) is 13.1 Å². The van der Waals surface area contributed by atoms with E-state index >= 15 is 0 Å². The van der Waals surface area contributed by atoms with Gasteiger partial charge in [0.1, 0.15) is 11.5 Å². The van der Waals surface area contributed by atoms with Crippen molar-refractivity contribution in [1.29, 1.82) is 0 Å². The van der Waals surface area contributed by atoms with Gasteiger partial charge in [-0.25, -0.2) is 0 Å². The lowest BCUT2D eigenvalue weighted by atomic mass is 10.2. The van der Waals surface area contributed by atoms with Gasteiger partial charge < -0.3 is 9.73 Å². The van der Waals surface area contributed by atoms with Crippen LogP contribution in [0.15, 0.2) is 10.5 Å². The summed E-state index contributed by atoms with van der Waals surface area (Å²) >= 11 is 0. The van der Waals surface area contributed by atoms with Crippen molar-refractivity contribution in [2.24, 2.45) is 5.92 Å². The summed E-state index contributed by atoms with van der Waals surface area (Å²) in [7, 11) is 0. The summed E-state index contributed by atoms with van der Waals surface area (Å²) in [5, 5.41) is 3.48. The normalized spacial score (nSPS) is 20.6. The molecule has 1 unspecified atom stereocenters. The quantitative estimate of drug-likeness (QED) is 0.854. The molecule has 1 aromatic rings. The zero-order valence-corrected chi connectivity index (χ0v) is 12.8. The Labute approximate surface area is 117 Å². The van der Waals surface area contributed by atoms with Crippen LogP contribution in [0.2, 0.25) is 0 Å². The second-order valence-corrected chi connectivity index (χ2v) is 6.28. The topological polar surface area (TPSA) is 28.4 Å². The summed E-state index contributed by atoms with van der Waals surface area (Å²) < 4.78 is 5.90. The first-order chi connectivity index (χ1) is 9.06. The van der Waals surface area contributed by atoms with Gasteiger partial charge in [0.25, 0.3) is 0 Å². The number of aryl methyl sites for hydroxylation is 1. The second kappa shape index (κ2) is 6.58. The Balaban J connectivity index is 1.88. The molecule has 0 amide bonds. The largest absolute Gasteiger partial charge is 0.465 e. The molecular weight excluding hydrogens is 236 g/mol. The van der Waals surface area contributed by atoms with E-state index in [2.05, 4.69) is 44.0 Å². The molecule has 1 aliphatic rings. The van der Waals surface area contributed by atoms with Gasteiger partial charge in [-0.2, -0.15) is 0 Å². The van der Waals surface area contributed by atoms with Gasteiger partial charge in [-0.15, -0.1) is 0 Å². The van der Waals surface area contributed by atoms with E-state index < -0.39 is 0 Å². The average molecular weight is 264 g/mol. The van der Waals surface area contributed by atoms with Gasteiger partial charge in [0.2, 0.25) is 0 Å². The zero-order valence-electron chi connectivity index (χ0n) is 12.8. The molecule has 0 radical (unpaired) electrons. The number of likely N-dealkylation sites (tertiary alicyclic amines) is 1. The van der Waals surface area contributed by atoms with Crippen LogP contribution in [0.25, 0.3) is 0 Å². The van der Waals surface area contributed by atoms with Gasteiger partial charge in [0.05, 0.1) is 6.54 Å². The molecule has 0 bridgehead atoms. The van der Waals surface area contributed by atoms with Crippen molar-refractivity contribution in [3.63, 3.8) is 0 Å². The molecule has 0 saturated carbocycles. The summed E-state index contributed by atoms with van der Waals surface area (Å²) in [4.78, 5) is 2.52. The Morgan fingerprint density at radius 3 is 2.89 bits per heavy atom. The van der Waals surface area contributed by atoms with E-state index in [0.29, 0.717) is 12.0 Å². The van der Waals surface area contributed by atoms with Crippen LogP contribution in [-0.2, 0) is 13.1 Å². The number of hydrogen-bond acceptors (Lipinski definition) is 3. The van der Waals surface area contributed by atoms with Crippen molar-refractivity contribution >= 4 is 0 Å². The fourth-order valence-electron chi connectivity index (χ4n) is 2.76. The molecule has 3 heteroatoms. The molecule has 1 fully saturated rings. The lowest BCUT2D eigenvalue weighted by Crippen LogP contribution is -2.25. The lowest BCUT2D eigenvalue weighted by Gasteiger charge is -2.19. The first-order valence-electron chi connectivity index (χ1n) is 7.59. The minimum atomic E-state index is 0.692. The van der Waals surface area contributed by atoms with Gasteiger partial charge in [-0.3, -0.25) is 4.90 Å². The van der Waals surface area contributed by atoms with E-state index in [0.717, 1.165) is 31.2 Å². The van der Waals surface area contributed by atoms with Crippen LogP contribution >= 0.6 is 0 Å². The Morgan fingerprint density at radius 1 is 1.47 bits per heavy atom. The van der Waals surface area contributed by atoms with Gasteiger partial charge in [-0.05, 0) is 51.8 Å². The molecule has 3 nitrogen and oxygen atoms in total. The minimum Gasteiger partial charge on any atom is -0.465 e. The second-order valence-electron chi connectivity index (χ2n) is 6.28. The Morgan fingerprint density at radius 2 is 2.26 bits per heavy atom. The Bertz CT molecular complexity index is 397. The first kappa shape index (κ1) is 14.6. The fourth-order valence-corrected chi connectivity index (χ4v) is 2.76. The summed E-state index contributed by atoms with van der Waals surface area (Å²) in [6.07, 6.45) is 2.64. The molecule has 1 aromatic heterocycles. The van der Waals surface area contributed by atoms with Gasteiger partial charge in [0, 0.05) is 18.2 Å². The maximum Gasteiger partial charge on any atom is 0.118 e. The van der Waals surface area contributed by atoms with Crippen LogP contribution in [0, 0.1) is 12.8 Å². The number of rotatable bonds is 6. The SMILES string of the molecule is Cc1oc(CN2CCCC2C)cc1CNCC(C)C. The molecule has 0 aliphatic carbocycles. The van der Waals surface area contributed by atoms with E-state index in [1.807, 2.05) is 0 Å². The molecule has 2 heterocycles. The Hall–Kier alpha value is -0.800. The summed E-state index contributed by atoms with van der Waals surface area (Å²) in [6.45, 7) is 13.0. The summed E-state index contributed by atoms with van der Waals surface area (Å²) in [6, 6.07) is 2.93. The summed E-state index contributed by atoms with van der Waals surface area (Å²) in [5.74, 6) is 2.88. The molecule has 1 N–H and O–H groups in total. The highest BCUT2D eigenvalue weighted by Gasteiger charge is 2.21. The van der Waals surface area contributed by atoms with Gasteiger partial charge >= 0.3 is 0 Å². The van der Waals surface area contributed by atoms with E-state index in [4.69, 9.17) is 4.42 Å². The van der Waals surface area contributed by atoms with E-state index in [1.165, 1.54) is 24.9 Å². The van der Waals surface area contributed by atoms with Gasteiger partial charge in [-0.1, -0.05) is 13.8 Å². The van der Waals surface area contributed by atoms with Crippen molar-refractivity contribution in [1.82, 2.24) is 10.2 Å². The number of hydrogen-bond donors (Lipinski definition) is 1. The highest BCUT2D eigenvalue weighted by molar-refractivity contribution is 5.20. The van der Waals surface area contributed by atoms with Crippen LogP contribution in [-0.4, -0.2) is 24.0 Å². The number of nitrogens with one attached hydrogen (secondary N) is 1. The minimum absolute atomic E-state index is 0.692. The average Bonchev–Trinajstić information content (AvgIpc) is 2.87. The van der Waals surface area contributed by atoms with Crippen LogP contribution in [0.1, 0.15) is 50.7 Å². The van der Waals surface area contributed by atoms with Crippen molar-refractivity contribution in [2.45, 2.75) is 59.7 Å². The molecule has 0 aromatic carbocycles. The van der Waals surface area contributed by atoms with Crippen molar-refractivity contribution < 1.29 is 4.42 Å². The molecule has 1 saturated heterocycles. The fraction of sp³-hybridized carbons (Fsp3) is 0.750. The highest BCUT2D eigenvalue weighted by atomic mass is 16.3. The monoisotopic (exact) mass is 264 g/mol. The number of nitrogens with zero attached hydrogens (tertiary/aromatic N) is 1. The van der Waals surface area contributed by atoms with E-state index in [1.54, 1.807) is 0 Å². The van der Waals surface area contributed by atoms with Crippen molar-refractivity contribution in [3.8, 4) is 0 Å². The maximum atomic E-state index is 5.90. The molecule has 2 rings (SSSR count). The predicted octanol–water partition coefficient (Wildman–Crippen LogP) is 3.32. The lowest BCUT2D eigenvalue weighted by molar-refractivity contribution is 0.237. The van der Waals surface area contributed by atoms with Crippen LogP contribution < -0.4 is 5.32 Å². The summed E-state index contributed by atoms with van der Waals surface area (Å²) in [5.41, 5.74) is 1.31. The van der Waals surface area contributed by atoms with Crippen LogP contribution in [0.4, 0.5) is 0 Å². The predicted molar refractivity (Wildman–Crippen MR) is 79.1 cm³/mol. The van der Waals surface area contributed by atoms with E-state index in [-0.39, 0.29) is 0 Å². The Kier molecular flexibility index (Phi) is 5.06. The standard InChI is InChI=1S/C16H28N2O/c1-12(2)9-17-10-15-8-16(19-14(15)4)11-18-7-5-6-13(18)3/h8,12-13,17H,5-7,9-11H2,1-4H3. The third-order valence-electron chi connectivity index (χ3n) is 3.99.